The molecule has 1 aliphatic rings. The minimum Gasteiger partial charge on any atom is -0.491 e. The summed E-state index contributed by atoms with van der Waals surface area (Å²) in [6.45, 7) is 4.08. The zero-order chi connectivity index (χ0) is 12.3. The van der Waals surface area contributed by atoms with Crippen LogP contribution >= 0.6 is 0 Å². The Morgan fingerprint density at radius 1 is 1.12 bits per heavy atom. The highest BCUT2D eigenvalue weighted by Crippen LogP contribution is 2.34. The lowest BCUT2D eigenvalue weighted by molar-refractivity contribution is 0.242. The van der Waals surface area contributed by atoms with Gasteiger partial charge >= 0.3 is 0 Å². The molecule has 2 N–H and O–H groups in total. The van der Waals surface area contributed by atoms with E-state index in [0.29, 0.717) is 5.92 Å². The molecule has 0 saturated heterocycles. The molecule has 1 aliphatic carbocycles. The SMILES string of the molecule is CC(C)Oc1ccc(C(N)C2CCCC2)cc1. The van der Waals surface area contributed by atoms with Gasteiger partial charge < -0.3 is 10.5 Å². The van der Waals surface area contributed by atoms with Gasteiger partial charge in [0.05, 0.1) is 6.10 Å². The first kappa shape index (κ1) is 12.4. The van der Waals surface area contributed by atoms with E-state index >= 15 is 0 Å². The zero-order valence-electron chi connectivity index (χ0n) is 10.9. The van der Waals surface area contributed by atoms with Gasteiger partial charge in [0.25, 0.3) is 0 Å². The van der Waals surface area contributed by atoms with Gasteiger partial charge in [0.2, 0.25) is 0 Å². The fraction of sp³-hybridized carbons (Fsp3) is 0.600. The molecule has 1 atom stereocenters. The highest BCUT2D eigenvalue weighted by Gasteiger charge is 2.23. The minimum absolute atomic E-state index is 0.200. The van der Waals surface area contributed by atoms with Gasteiger partial charge in [0, 0.05) is 6.04 Å². The molecule has 0 bridgehead atoms. The Morgan fingerprint density at radius 2 is 1.71 bits per heavy atom. The smallest absolute Gasteiger partial charge is 0.119 e. The van der Waals surface area contributed by atoms with E-state index in [9.17, 15) is 0 Å². The fourth-order valence-electron chi connectivity index (χ4n) is 2.63. The van der Waals surface area contributed by atoms with Crippen molar-refractivity contribution in [1.82, 2.24) is 0 Å². The molecule has 0 aliphatic heterocycles. The Kier molecular flexibility index (Phi) is 4.06. The number of rotatable bonds is 4. The topological polar surface area (TPSA) is 35.2 Å². The first-order valence-corrected chi connectivity index (χ1v) is 6.69. The third-order valence-electron chi connectivity index (χ3n) is 3.54. The lowest BCUT2D eigenvalue weighted by atomic mass is 9.92. The summed E-state index contributed by atoms with van der Waals surface area (Å²) in [5, 5.41) is 0. The van der Waals surface area contributed by atoms with E-state index < -0.39 is 0 Å². The minimum atomic E-state index is 0.200. The van der Waals surface area contributed by atoms with Gasteiger partial charge in [0.1, 0.15) is 5.75 Å². The Balaban J connectivity index is 2.01. The Bertz CT molecular complexity index is 338. The summed E-state index contributed by atoms with van der Waals surface area (Å²) in [4.78, 5) is 0. The molecule has 0 amide bonds. The van der Waals surface area contributed by atoms with Crippen molar-refractivity contribution in [3.05, 3.63) is 29.8 Å². The van der Waals surface area contributed by atoms with Crippen molar-refractivity contribution >= 4 is 0 Å². The molecule has 1 saturated carbocycles. The van der Waals surface area contributed by atoms with Gasteiger partial charge in [-0.2, -0.15) is 0 Å². The molecule has 2 nitrogen and oxygen atoms in total. The number of ether oxygens (including phenoxy) is 1. The maximum Gasteiger partial charge on any atom is 0.119 e. The van der Waals surface area contributed by atoms with Gasteiger partial charge in [-0.1, -0.05) is 25.0 Å². The normalized spacial score (nSPS) is 18.6. The molecular weight excluding hydrogens is 210 g/mol. The van der Waals surface area contributed by atoms with Crippen molar-refractivity contribution in [3.63, 3.8) is 0 Å². The second kappa shape index (κ2) is 5.54. The molecule has 1 fully saturated rings. The molecule has 2 rings (SSSR count). The summed E-state index contributed by atoms with van der Waals surface area (Å²) in [7, 11) is 0. The number of benzene rings is 1. The van der Waals surface area contributed by atoms with Gasteiger partial charge in [0.15, 0.2) is 0 Å². The van der Waals surface area contributed by atoms with E-state index in [2.05, 4.69) is 12.1 Å². The highest BCUT2D eigenvalue weighted by molar-refractivity contribution is 5.29. The number of nitrogens with two attached hydrogens (primary N) is 1. The van der Waals surface area contributed by atoms with Crippen LogP contribution in [0.1, 0.15) is 51.1 Å². The van der Waals surface area contributed by atoms with Crippen molar-refractivity contribution < 1.29 is 4.74 Å². The summed E-state index contributed by atoms with van der Waals surface area (Å²) in [5.41, 5.74) is 7.55. The summed E-state index contributed by atoms with van der Waals surface area (Å²) in [6.07, 6.45) is 5.47. The molecule has 0 radical (unpaired) electrons. The van der Waals surface area contributed by atoms with E-state index in [4.69, 9.17) is 10.5 Å². The second-order valence-corrected chi connectivity index (χ2v) is 5.31. The highest BCUT2D eigenvalue weighted by atomic mass is 16.5. The van der Waals surface area contributed by atoms with Crippen molar-refractivity contribution in [3.8, 4) is 5.75 Å². The molecule has 1 aromatic rings. The summed E-state index contributed by atoms with van der Waals surface area (Å²) in [5.74, 6) is 1.61. The molecule has 0 spiro atoms. The fourth-order valence-corrected chi connectivity index (χ4v) is 2.63. The van der Waals surface area contributed by atoms with Crippen LogP contribution in [0.25, 0.3) is 0 Å². The van der Waals surface area contributed by atoms with Crippen LogP contribution in [0, 0.1) is 5.92 Å². The van der Waals surface area contributed by atoms with Crippen LogP contribution in [0.15, 0.2) is 24.3 Å². The predicted molar refractivity (Wildman–Crippen MR) is 71.1 cm³/mol. The van der Waals surface area contributed by atoms with Crippen LogP contribution in [-0.4, -0.2) is 6.10 Å². The van der Waals surface area contributed by atoms with E-state index in [-0.39, 0.29) is 12.1 Å². The Labute approximate surface area is 104 Å². The van der Waals surface area contributed by atoms with Crippen molar-refractivity contribution in [2.24, 2.45) is 11.7 Å². The van der Waals surface area contributed by atoms with Crippen molar-refractivity contribution in [2.45, 2.75) is 51.7 Å². The van der Waals surface area contributed by atoms with Crippen LogP contribution in [0.2, 0.25) is 0 Å². The summed E-state index contributed by atoms with van der Waals surface area (Å²) < 4.78 is 5.63. The second-order valence-electron chi connectivity index (χ2n) is 5.31. The molecule has 0 heterocycles. The third-order valence-corrected chi connectivity index (χ3v) is 3.54. The van der Waals surface area contributed by atoms with Crippen LogP contribution in [-0.2, 0) is 0 Å². The van der Waals surface area contributed by atoms with Crippen LogP contribution < -0.4 is 10.5 Å². The predicted octanol–water partition coefficient (Wildman–Crippen LogP) is 3.66. The molecule has 17 heavy (non-hydrogen) atoms. The molecule has 0 aromatic heterocycles. The van der Waals surface area contributed by atoms with Crippen molar-refractivity contribution in [2.75, 3.05) is 0 Å². The monoisotopic (exact) mass is 233 g/mol. The molecule has 94 valence electrons. The summed E-state index contributed by atoms with van der Waals surface area (Å²) >= 11 is 0. The molecular formula is C15H23NO. The zero-order valence-corrected chi connectivity index (χ0v) is 10.9. The van der Waals surface area contributed by atoms with Gasteiger partial charge in [-0.05, 0) is 50.3 Å². The Morgan fingerprint density at radius 3 is 2.24 bits per heavy atom. The van der Waals surface area contributed by atoms with E-state index in [0.717, 1.165) is 5.75 Å². The van der Waals surface area contributed by atoms with Gasteiger partial charge in [-0.3, -0.25) is 0 Å². The first-order chi connectivity index (χ1) is 8.16. The first-order valence-electron chi connectivity index (χ1n) is 6.69. The average Bonchev–Trinajstić information content (AvgIpc) is 2.82. The standard InChI is InChI=1S/C15H23NO/c1-11(2)17-14-9-7-13(8-10-14)15(16)12-5-3-4-6-12/h7-12,15H,3-6,16H2,1-2H3. The lowest BCUT2D eigenvalue weighted by Gasteiger charge is -2.19. The van der Waals surface area contributed by atoms with Crippen LogP contribution in [0.3, 0.4) is 0 Å². The van der Waals surface area contributed by atoms with Gasteiger partial charge in [-0.15, -0.1) is 0 Å². The van der Waals surface area contributed by atoms with E-state index in [1.807, 2.05) is 26.0 Å². The van der Waals surface area contributed by atoms with Crippen LogP contribution in [0.4, 0.5) is 0 Å². The average molecular weight is 233 g/mol. The molecule has 1 unspecified atom stereocenters. The third kappa shape index (κ3) is 3.22. The maximum absolute atomic E-state index is 6.31. The van der Waals surface area contributed by atoms with Crippen LogP contribution in [0.5, 0.6) is 5.75 Å². The number of hydrogen-bond donors (Lipinski definition) is 1. The van der Waals surface area contributed by atoms with E-state index in [1.54, 1.807) is 0 Å². The summed E-state index contributed by atoms with van der Waals surface area (Å²) in [6, 6.07) is 8.49. The lowest BCUT2D eigenvalue weighted by Crippen LogP contribution is -2.19. The Hall–Kier alpha value is -1.02. The van der Waals surface area contributed by atoms with E-state index in [1.165, 1.54) is 31.2 Å². The quantitative estimate of drug-likeness (QED) is 0.861. The molecule has 2 heteroatoms. The largest absolute Gasteiger partial charge is 0.491 e. The molecule has 1 aromatic carbocycles. The number of hydrogen-bond acceptors (Lipinski definition) is 2. The van der Waals surface area contributed by atoms with Crippen molar-refractivity contribution in [1.29, 1.82) is 0 Å². The maximum atomic E-state index is 6.31. The van der Waals surface area contributed by atoms with Gasteiger partial charge in [-0.25, -0.2) is 0 Å².